The molecule has 0 saturated carbocycles. The molecule has 3 nitrogen and oxygen atoms in total. The Morgan fingerprint density at radius 2 is 2.17 bits per heavy atom. The van der Waals surface area contributed by atoms with Gasteiger partial charge in [-0.2, -0.15) is 0 Å². The minimum absolute atomic E-state index is 0.0325. The highest BCUT2D eigenvalue weighted by Gasteiger charge is 2.10. The van der Waals surface area contributed by atoms with Crippen LogP contribution in [-0.2, 0) is 4.74 Å². The smallest absolute Gasteiger partial charge is 0.252 e. The lowest BCUT2D eigenvalue weighted by atomic mass is 10.2. The molecule has 1 amide bonds. The summed E-state index contributed by atoms with van der Waals surface area (Å²) in [5.74, 6) is -0.0325. The number of nitrogens with one attached hydrogen (secondary N) is 1. The van der Waals surface area contributed by atoms with Gasteiger partial charge in [0.15, 0.2) is 0 Å². The van der Waals surface area contributed by atoms with E-state index >= 15 is 0 Å². The molecule has 1 N–H and O–H groups in total. The molecule has 0 atom stereocenters. The van der Waals surface area contributed by atoms with E-state index < -0.39 is 0 Å². The van der Waals surface area contributed by atoms with Gasteiger partial charge in [0.25, 0.3) is 5.91 Å². The minimum atomic E-state index is -0.0325. The summed E-state index contributed by atoms with van der Waals surface area (Å²) in [6, 6.07) is 7.93. The molecule has 0 spiro atoms. The lowest BCUT2D eigenvalue weighted by Gasteiger charge is -2.04. The molecule has 5 heteroatoms. The molecule has 1 heterocycles. The quantitative estimate of drug-likeness (QED) is 0.654. The van der Waals surface area contributed by atoms with Crippen LogP contribution in [-0.4, -0.2) is 31.0 Å². The van der Waals surface area contributed by atoms with Gasteiger partial charge in [-0.1, -0.05) is 34.1 Å². The van der Waals surface area contributed by atoms with E-state index in [1.54, 1.807) is 11.3 Å². The zero-order valence-electron chi connectivity index (χ0n) is 9.82. The summed E-state index contributed by atoms with van der Waals surface area (Å²) in [4.78, 5) is 12.0. The van der Waals surface area contributed by atoms with Crippen LogP contribution in [0.1, 0.15) is 10.4 Å². The van der Waals surface area contributed by atoms with Crippen molar-refractivity contribution < 1.29 is 9.53 Å². The Labute approximate surface area is 118 Å². The number of amides is 1. The molecular weight excluding hydrogens is 314 g/mol. The van der Waals surface area contributed by atoms with Crippen LogP contribution < -0.4 is 5.32 Å². The topological polar surface area (TPSA) is 38.3 Å². The third-order valence-corrected chi connectivity index (χ3v) is 3.77. The predicted molar refractivity (Wildman–Crippen MR) is 78.8 cm³/mol. The van der Waals surface area contributed by atoms with E-state index in [4.69, 9.17) is 4.74 Å². The monoisotopic (exact) mass is 327 g/mol. The van der Waals surface area contributed by atoms with Gasteiger partial charge < -0.3 is 10.1 Å². The third-order valence-electron chi connectivity index (χ3n) is 2.48. The molecule has 0 aliphatic rings. The van der Waals surface area contributed by atoms with Crippen LogP contribution in [0.2, 0.25) is 0 Å². The van der Waals surface area contributed by atoms with Gasteiger partial charge >= 0.3 is 0 Å². The van der Waals surface area contributed by atoms with Crippen molar-refractivity contribution >= 4 is 43.3 Å². The summed E-state index contributed by atoms with van der Waals surface area (Å²) < 4.78 is 6.42. The zero-order chi connectivity index (χ0) is 12.8. The van der Waals surface area contributed by atoms with Crippen molar-refractivity contribution in [3.8, 4) is 0 Å². The SMILES string of the molecule is O=C(NCCOCCBr)c1csc2ccccc12. The van der Waals surface area contributed by atoms with Gasteiger partial charge in [0.05, 0.1) is 18.8 Å². The van der Waals surface area contributed by atoms with E-state index in [2.05, 4.69) is 21.2 Å². The number of hydrogen-bond acceptors (Lipinski definition) is 3. The second-order valence-corrected chi connectivity index (χ2v) is 5.41. The van der Waals surface area contributed by atoms with Crippen LogP contribution in [0.4, 0.5) is 0 Å². The van der Waals surface area contributed by atoms with E-state index in [1.165, 1.54) is 0 Å². The van der Waals surface area contributed by atoms with Crippen LogP contribution in [0.5, 0.6) is 0 Å². The highest BCUT2D eigenvalue weighted by atomic mass is 79.9. The first-order valence-electron chi connectivity index (χ1n) is 5.71. The predicted octanol–water partition coefficient (Wildman–Crippen LogP) is 3.04. The van der Waals surface area contributed by atoms with Crippen LogP contribution >= 0.6 is 27.3 Å². The zero-order valence-corrected chi connectivity index (χ0v) is 12.2. The molecule has 0 aliphatic heterocycles. The average molecular weight is 328 g/mol. The Morgan fingerprint density at radius 1 is 1.33 bits per heavy atom. The second-order valence-electron chi connectivity index (χ2n) is 3.70. The van der Waals surface area contributed by atoms with Crippen molar-refractivity contribution in [3.63, 3.8) is 0 Å². The first kappa shape index (κ1) is 13.5. The average Bonchev–Trinajstić information content (AvgIpc) is 2.82. The van der Waals surface area contributed by atoms with E-state index in [1.807, 2.05) is 29.6 Å². The number of carbonyl (C=O) groups is 1. The van der Waals surface area contributed by atoms with Crippen LogP contribution in [0, 0.1) is 0 Å². The molecule has 2 rings (SSSR count). The molecule has 18 heavy (non-hydrogen) atoms. The van der Waals surface area contributed by atoms with Gasteiger partial charge in [0.2, 0.25) is 0 Å². The molecule has 0 unspecified atom stereocenters. The third kappa shape index (κ3) is 3.31. The van der Waals surface area contributed by atoms with E-state index in [0.717, 1.165) is 21.0 Å². The summed E-state index contributed by atoms with van der Waals surface area (Å²) in [5, 5.41) is 6.60. The van der Waals surface area contributed by atoms with Crippen molar-refractivity contribution in [1.82, 2.24) is 5.32 Å². The molecule has 2 aromatic rings. The normalized spacial score (nSPS) is 10.7. The lowest BCUT2D eigenvalue weighted by Crippen LogP contribution is -2.27. The molecule has 0 radical (unpaired) electrons. The standard InChI is InChI=1S/C13H14BrNO2S/c14-5-7-17-8-6-15-13(16)11-9-18-12-4-2-1-3-10(11)12/h1-4,9H,5-8H2,(H,15,16). The second kappa shape index (κ2) is 6.87. The number of rotatable bonds is 6. The van der Waals surface area contributed by atoms with Gasteiger partial charge in [0, 0.05) is 27.3 Å². The summed E-state index contributed by atoms with van der Waals surface area (Å²) in [6.07, 6.45) is 0. The first-order chi connectivity index (χ1) is 8.83. The van der Waals surface area contributed by atoms with Gasteiger partial charge in [-0.3, -0.25) is 4.79 Å². The molecule has 0 aliphatic carbocycles. The molecular formula is C13H14BrNO2S. The molecule has 1 aromatic heterocycles. The summed E-state index contributed by atoms with van der Waals surface area (Å²) in [6.45, 7) is 1.74. The minimum Gasteiger partial charge on any atom is -0.379 e. The summed E-state index contributed by atoms with van der Waals surface area (Å²) in [7, 11) is 0. The fourth-order valence-electron chi connectivity index (χ4n) is 1.64. The Hall–Kier alpha value is -0.910. The Bertz CT molecular complexity index is 526. The Kier molecular flexibility index (Phi) is 5.16. The highest BCUT2D eigenvalue weighted by molar-refractivity contribution is 9.09. The van der Waals surface area contributed by atoms with Crippen molar-refractivity contribution in [2.24, 2.45) is 0 Å². The Morgan fingerprint density at radius 3 is 3.00 bits per heavy atom. The number of hydrogen-bond donors (Lipinski definition) is 1. The maximum absolute atomic E-state index is 12.0. The fraction of sp³-hybridized carbons (Fsp3) is 0.308. The van der Waals surface area contributed by atoms with Gasteiger partial charge in [0.1, 0.15) is 0 Å². The number of fused-ring (bicyclic) bond motifs is 1. The number of benzene rings is 1. The summed E-state index contributed by atoms with van der Waals surface area (Å²) in [5.41, 5.74) is 0.746. The summed E-state index contributed by atoms with van der Waals surface area (Å²) >= 11 is 4.87. The number of ether oxygens (including phenoxy) is 1. The van der Waals surface area contributed by atoms with Gasteiger partial charge in [-0.05, 0) is 6.07 Å². The highest BCUT2D eigenvalue weighted by Crippen LogP contribution is 2.25. The number of thiophene rings is 1. The largest absolute Gasteiger partial charge is 0.379 e. The molecule has 1 aromatic carbocycles. The molecule has 0 fully saturated rings. The van der Waals surface area contributed by atoms with E-state index in [9.17, 15) is 4.79 Å². The van der Waals surface area contributed by atoms with Crippen LogP contribution in [0.25, 0.3) is 10.1 Å². The lowest BCUT2D eigenvalue weighted by molar-refractivity contribution is 0.0926. The van der Waals surface area contributed by atoms with Crippen molar-refractivity contribution in [3.05, 3.63) is 35.2 Å². The number of carbonyl (C=O) groups excluding carboxylic acids is 1. The van der Waals surface area contributed by atoms with E-state index in [0.29, 0.717) is 19.8 Å². The molecule has 0 bridgehead atoms. The molecule has 96 valence electrons. The van der Waals surface area contributed by atoms with Crippen molar-refractivity contribution in [1.29, 1.82) is 0 Å². The van der Waals surface area contributed by atoms with Gasteiger partial charge in [-0.15, -0.1) is 11.3 Å². The van der Waals surface area contributed by atoms with Crippen molar-refractivity contribution in [2.75, 3.05) is 25.1 Å². The Balaban J connectivity index is 1.93. The van der Waals surface area contributed by atoms with Crippen LogP contribution in [0.3, 0.4) is 0 Å². The maximum Gasteiger partial charge on any atom is 0.252 e. The molecule has 0 saturated heterocycles. The first-order valence-corrected chi connectivity index (χ1v) is 7.71. The number of halogens is 1. The number of alkyl halides is 1. The van der Waals surface area contributed by atoms with Gasteiger partial charge in [-0.25, -0.2) is 0 Å². The fourth-order valence-corrected chi connectivity index (χ4v) is 2.81. The van der Waals surface area contributed by atoms with E-state index in [-0.39, 0.29) is 5.91 Å². The maximum atomic E-state index is 12.0. The van der Waals surface area contributed by atoms with Crippen molar-refractivity contribution in [2.45, 2.75) is 0 Å². The van der Waals surface area contributed by atoms with Crippen LogP contribution in [0.15, 0.2) is 29.6 Å².